The van der Waals surface area contributed by atoms with E-state index in [1.807, 2.05) is 0 Å². The lowest BCUT2D eigenvalue weighted by molar-refractivity contribution is 0.246. The minimum Gasteiger partial charge on any atom is -0.497 e. The molecule has 2 aromatic rings. The van der Waals surface area contributed by atoms with Gasteiger partial charge in [-0.2, -0.15) is 0 Å². The third-order valence-corrected chi connectivity index (χ3v) is 5.45. The van der Waals surface area contributed by atoms with Gasteiger partial charge < -0.3 is 9.64 Å². The number of halogens is 1. The average molecular weight is 403 g/mol. The molecular formula is C21H27BrN2O. The fraction of sp³-hybridized carbons (Fsp3) is 0.429. The highest BCUT2D eigenvalue weighted by molar-refractivity contribution is 8.93. The number of nitrogens with zero attached hydrogens (tertiary/aromatic N) is 2. The van der Waals surface area contributed by atoms with Crippen molar-refractivity contribution in [2.45, 2.75) is 12.3 Å². The second-order valence-corrected chi connectivity index (χ2v) is 7.00. The predicted molar refractivity (Wildman–Crippen MR) is 109 cm³/mol. The van der Waals surface area contributed by atoms with Crippen LogP contribution < -0.4 is 9.64 Å². The van der Waals surface area contributed by atoms with Crippen LogP contribution in [0, 0.1) is 5.92 Å². The molecule has 1 heterocycles. The van der Waals surface area contributed by atoms with E-state index in [1.165, 1.54) is 37.3 Å². The zero-order chi connectivity index (χ0) is 16.4. The summed E-state index contributed by atoms with van der Waals surface area (Å²) in [6, 6.07) is 19.4. The maximum Gasteiger partial charge on any atom is 0.119 e. The minimum atomic E-state index is 0. The van der Waals surface area contributed by atoms with E-state index in [9.17, 15) is 0 Å². The molecule has 134 valence electrons. The number of hydrogen-bond acceptors (Lipinski definition) is 3. The fourth-order valence-electron chi connectivity index (χ4n) is 3.87. The number of hydrogen-bond donors (Lipinski definition) is 0. The highest BCUT2D eigenvalue weighted by atomic mass is 79.9. The Hall–Kier alpha value is -1.52. The number of benzene rings is 2. The summed E-state index contributed by atoms with van der Waals surface area (Å²) in [7, 11) is 1.72. The standard InChI is InChI=1S/C21H26N2O.BrH/c1-24-20-9-7-19(8-10-20)23-13-11-22(12-14-23)16-18-15-21(18)17-5-3-2-4-6-17;/h2-10,18,21H,11-16H2,1H3;1H/t18-,21-;/m1./s1. The molecule has 1 aliphatic carbocycles. The van der Waals surface area contributed by atoms with Gasteiger partial charge in [-0.1, -0.05) is 30.3 Å². The monoisotopic (exact) mass is 402 g/mol. The first-order valence-corrected chi connectivity index (χ1v) is 9.00. The molecule has 2 fully saturated rings. The second kappa shape index (κ2) is 8.24. The summed E-state index contributed by atoms with van der Waals surface area (Å²) in [6.45, 7) is 5.84. The molecule has 2 aliphatic rings. The molecule has 1 saturated heterocycles. The van der Waals surface area contributed by atoms with Crippen LogP contribution in [-0.4, -0.2) is 44.7 Å². The van der Waals surface area contributed by atoms with Gasteiger partial charge in [-0.3, -0.25) is 4.90 Å². The van der Waals surface area contributed by atoms with Gasteiger partial charge in [-0.05, 0) is 48.1 Å². The molecule has 0 bridgehead atoms. The molecule has 0 radical (unpaired) electrons. The van der Waals surface area contributed by atoms with Gasteiger partial charge in [-0.25, -0.2) is 0 Å². The fourth-order valence-corrected chi connectivity index (χ4v) is 3.87. The number of ether oxygens (including phenoxy) is 1. The van der Waals surface area contributed by atoms with Gasteiger partial charge in [0.05, 0.1) is 7.11 Å². The summed E-state index contributed by atoms with van der Waals surface area (Å²) >= 11 is 0. The van der Waals surface area contributed by atoms with Crippen LogP contribution in [0.5, 0.6) is 5.75 Å². The molecule has 3 nitrogen and oxygen atoms in total. The number of rotatable bonds is 5. The first-order chi connectivity index (χ1) is 11.8. The third kappa shape index (κ3) is 4.36. The first-order valence-electron chi connectivity index (χ1n) is 9.00. The molecule has 0 spiro atoms. The number of piperazine rings is 1. The molecule has 2 aromatic carbocycles. The van der Waals surface area contributed by atoms with Gasteiger partial charge in [0.1, 0.15) is 5.75 Å². The maximum absolute atomic E-state index is 5.24. The van der Waals surface area contributed by atoms with E-state index in [0.29, 0.717) is 0 Å². The smallest absolute Gasteiger partial charge is 0.119 e. The average Bonchev–Trinajstić information content (AvgIpc) is 3.42. The van der Waals surface area contributed by atoms with E-state index >= 15 is 0 Å². The number of anilines is 1. The van der Waals surface area contributed by atoms with Crippen LogP contribution in [0.25, 0.3) is 0 Å². The topological polar surface area (TPSA) is 15.7 Å². The van der Waals surface area contributed by atoms with Crippen molar-refractivity contribution < 1.29 is 4.74 Å². The molecule has 1 aliphatic heterocycles. The van der Waals surface area contributed by atoms with Crippen LogP contribution in [0.4, 0.5) is 5.69 Å². The van der Waals surface area contributed by atoms with Gasteiger partial charge in [-0.15, -0.1) is 17.0 Å². The Kier molecular flexibility index (Phi) is 6.02. The molecule has 0 aromatic heterocycles. The summed E-state index contributed by atoms with van der Waals surface area (Å²) in [4.78, 5) is 5.13. The van der Waals surface area contributed by atoms with Crippen LogP contribution in [0.1, 0.15) is 17.9 Å². The Bertz CT molecular complexity index is 653. The van der Waals surface area contributed by atoms with Crippen molar-refractivity contribution in [2.24, 2.45) is 5.92 Å². The summed E-state index contributed by atoms with van der Waals surface area (Å²) in [5, 5.41) is 0. The van der Waals surface area contributed by atoms with Crippen molar-refractivity contribution in [1.29, 1.82) is 0 Å². The zero-order valence-corrected chi connectivity index (χ0v) is 16.5. The van der Waals surface area contributed by atoms with Crippen LogP contribution in [0.15, 0.2) is 54.6 Å². The Morgan fingerprint density at radius 1 is 0.920 bits per heavy atom. The lowest BCUT2D eigenvalue weighted by atomic mass is 10.1. The zero-order valence-electron chi connectivity index (χ0n) is 14.8. The molecule has 4 rings (SSSR count). The van der Waals surface area contributed by atoms with Gasteiger partial charge in [0.25, 0.3) is 0 Å². The van der Waals surface area contributed by atoms with Crippen LogP contribution >= 0.6 is 17.0 Å². The summed E-state index contributed by atoms with van der Waals surface area (Å²) < 4.78 is 5.24. The molecule has 0 amide bonds. The molecule has 1 saturated carbocycles. The first kappa shape index (κ1) is 18.3. The summed E-state index contributed by atoms with van der Waals surface area (Å²) in [5.74, 6) is 2.59. The Morgan fingerprint density at radius 2 is 1.60 bits per heavy atom. The number of methoxy groups -OCH3 is 1. The normalized spacial score (nSPS) is 23.0. The third-order valence-electron chi connectivity index (χ3n) is 5.45. The van der Waals surface area contributed by atoms with Crippen LogP contribution in [0.3, 0.4) is 0 Å². The molecule has 0 unspecified atom stereocenters. The summed E-state index contributed by atoms with van der Waals surface area (Å²) in [6.07, 6.45) is 1.36. The Morgan fingerprint density at radius 3 is 2.24 bits per heavy atom. The lowest BCUT2D eigenvalue weighted by Crippen LogP contribution is -2.47. The molecule has 0 N–H and O–H groups in total. The van der Waals surface area contributed by atoms with Crippen LogP contribution in [0.2, 0.25) is 0 Å². The van der Waals surface area contributed by atoms with E-state index in [2.05, 4.69) is 64.4 Å². The molecular weight excluding hydrogens is 376 g/mol. The van der Waals surface area contributed by atoms with E-state index in [0.717, 1.165) is 30.7 Å². The van der Waals surface area contributed by atoms with Crippen molar-refractivity contribution in [3.8, 4) is 5.75 Å². The van der Waals surface area contributed by atoms with Crippen molar-refractivity contribution in [3.63, 3.8) is 0 Å². The predicted octanol–water partition coefficient (Wildman–Crippen LogP) is 4.20. The van der Waals surface area contributed by atoms with E-state index in [1.54, 1.807) is 7.11 Å². The van der Waals surface area contributed by atoms with Gasteiger partial charge >= 0.3 is 0 Å². The quantitative estimate of drug-likeness (QED) is 0.744. The summed E-state index contributed by atoms with van der Waals surface area (Å²) in [5.41, 5.74) is 2.84. The van der Waals surface area contributed by atoms with Gasteiger partial charge in [0.2, 0.25) is 0 Å². The maximum atomic E-state index is 5.24. The molecule has 4 heteroatoms. The Labute approximate surface area is 161 Å². The van der Waals surface area contributed by atoms with E-state index in [4.69, 9.17) is 4.74 Å². The molecule has 2 atom stereocenters. The van der Waals surface area contributed by atoms with Crippen molar-refractivity contribution in [1.82, 2.24) is 4.90 Å². The van der Waals surface area contributed by atoms with Crippen molar-refractivity contribution >= 4 is 22.7 Å². The van der Waals surface area contributed by atoms with Crippen molar-refractivity contribution in [3.05, 3.63) is 60.2 Å². The van der Waals surface area contributed by atoms with Crippen molar-refractivity contribution in [2.75, 3.05) is 44.7 Å². The van der Waals surface area contributed by atoms with Gasteiger partial charge in [0.15, 0.2) is 0 Å². The van der Waals surface area contributed by atoms with E-state index in [-0.39, 0.29) is 17.0 Å². The second-order valence-electron chi connectivity index (χ2n) is 7.00. The van der Waals surface area contributed by atoms with Gasteiger partial charge in [0, 0.05) is 38.4 Å². The highest BCUT2D eigenvalue weighted by Gasteiger charge is 2.39. The SMILES string of the molecule is Br.COc1ccc(N2CCN(C[C@H]3C[C@@H]3c3ccccc3)CC2)cc1. The minimum absolute atomic E-state index is 0. The van der Waals surface area contributed by atoms with E-state index < -0.39 is 0 Å². The van der Waals surface area contributed by atoms with Crippen LogP contribution in [-0.2, 0) is 0 Å². The Balaban J connectivity index is 0.00000182. The molecule has 25 heavy (non-hydrogen) atoms. The lowest BCUT2D eigenvalue weighted by Gasteiger charge is -2.36. The highest BCUT2D eigenvalue weighted by Crippen LogP contribution is 2.47. The largest absolute Gasteiger partial charge is 0.497 e.